The minimum Gasteiger partial charge on any atom is -0.497 e. The third-order valence-corrected chi connectivity index (χ3v) is 3.59. The number of anilines is 1. The predicted octanol–water partition coefficient (Wildman–Crippen LogP) is 2.41. The van der Waals surface area contributed by atoms with Crippen LogP contribution in [0.4, 0.5) is 5.69 Å². The number of hydrogen-bond donors (Lipinski definition) is 1. The number of hydrazone groups is 1. The van der Waals surface area contributed by atoms with Gasteiger partial charge < -0.3 is 10.5 Å². The second kappa shape index (κ2) is 5.85. The maximum atomic E-state index is 12.6. The number of amides is 1. The van der Waals surface area contributed by atoms with Crippen LogP contribution in [0.15, 0.2) is 29.4 Å². The second-order valence-corrected chi connectivity index (χ2v) is 6.21. The number of carbonyl (C=O) groups is 1. The molecule has 0 bridgehead atoms. The highest BCUT2D eigenvalue weighted by Gasteiger charge is 2.41. The van der Waals surface area contributed by atoms with E-state index in [0.717, 1.165) is 17.1 Å². The molecule has 0 aliphatic carbocycles. The molecule has 5 heteroatoms. The molecule has 2 rings (SSSR count). The number of nitrogens with two attached hydrogens (primary N) is 1. The van der Waals surface area contributed by atoms with E-state index in [-0.39, 0.29) is 17.2 Å². The summed E-state index contributed by atoms with van der Waals surface area (Å²) < 4.78 is 5.14. The Morgan fingerprint density at radius 3 is 2.38 bits per heavy atom. The quantitative estimate of drug-likeness (QED) is 0.925. The minimum absolute atomic E-state index is 0.00413. The lowest BCUT2D eigenvalue weighted by atomic mass is 9.81. The van der Waals surface area contributed by atoms with Crippen LogP contribution in [0, 0.1) is 11.3 Å². The van der Waals surface area contributed by atoms with E-state index in [9.17, 15) is 4.79 Å². The van der Waals surface area contributed by atoms with Crippen molar-refractivity contribution in [3.63, 3.8) is 0 Å². The molecule has 0 aromatic heterocycles. The lowest BCUT2D eigenvalue weighted by Gasteiger charge is -2.21. The lowest BCUT2D eigenvalue weighted by Crippen LogP contribution is -2.33. The predicted molar refractivity (Wildman–Crippen MR) is 84.5 cm³/mol. The van der Waals surface area contributed by atoms with Crippen LogP contribution in [-0.4, -0.2) is 25.3 Å². The summed E-state index contributed by atoms with van der Waals surface area (Å²) in [5, 5.41) is 6.06. The highest BCUT2D eigenvalue weighted by molar-refractivity contribution is 6.17. The molecule has 0 spiro atoms. The van der Waals surface area contributed by atoms with Gasteiger partial charge >= 0.3 is 0 Å². The fraction of sp³-hybridized carbons (Fsp3) is 0.500. The lowest BCUT2D eigenvalue weighted by molar-refractivity contribution is -0.119. The van der Waals surface area contributed by atoms with Crippen molar-refractivity contribution in [2.24, 2.45) is 22.2 Å². The number of carbonyl (C=O) groups excluding carboxylic acids is 1. The number of hydrogen-bond acceptors (Lipinski definition) is 4. The molecule has 0 radical (unpaired) electrons. The van der Waals surface area contributed by atoms with Crippen molar-refractivity contribution in [3.05, 3.63) is 24.3 Å². The van der Waals surface area contributed by atoms with Gasteiger partial charge in [0.2, 0.25) is 0 Å². The average molecular weight is 289 g/mol. The average Bonchev–Trinajstić information content (AvgIpc) is 2.77. The molecule has 1 aromatic carbocycles. The van der Waals surface area contributed by atoms with Crippen LogP contribution in [0.3, 0.4) is 0 Å². The van der Waals surface area contributed by atoms with Gasteiger partial charge in [0, 0.05) is 5.41 Å². The molecule has 1 atom stereocenters. The highest BCUT2D eigenvalue weighted by atomic mass is 16.5. The summed E-state index contributed by atoms with van der Waals surface area (Å²) in [5.74, 6) is 0.525. The van der Waals surface area contributed by atoms with Crippen molar-refractivity contribution >= 4 is 17.3 Å². The van der Waals surface area contributed by atoms with Gasteiger partial charge in [0.05, 0.1) is 24.4 Å². The summed E-state index contributed by atoms with van der Waals surface area (Å²) in [4.78, 5) is 12.6. The number of rotatable bonds is 4. The minimum atomic E-state index is -0.225. The van der Waals surface area contributed by atoms with Crippen molar-refractivity contribution in [2.45, 2.75) is 27.2 Å². The molecule has 1 aromatic rings. The smallest absolute Gasteiger partial charge is 0.256 e. The molecule has 1 amide bonds. The van der Waals surface area contributed by atoms with Crippen LogP contribution in [0.1, 0.15) is 27.2 Å². The molecule has 0 saturated heterocycles. The first-order chi connectivity index (χ1) is 9.88. The Labute approximate surface area is 125 Å². The molecular formula is C16H23N3O2. The number of ether oxygens (including phenoxy) is 1. The maximum Gasteiger partial charge on any atom is 0.256 e. The van der Waals surface area contributed by atoms with Gasteiger partial charge in [-0.15, -0.1) is 0 Å². The Balaban J connectivity index is 2.35. The van der Waals surface area contributed by atoms with Crippen molar-refractivity contribution in [3.8, 4) is 5.75 Å². The summed E-state index contributed by atoms with van der Waals surface area (Å²) in [6, 6.07) is 7.33. The monoisotopic (exact) mass is 289 g/mol. The first-order valence-corrected chi connectivity index (χ1v) is 7.15. The van der Waals surface area contributed by atoms with Gasteiger partial charge in [-0.1, -0.05) is 20.8 Å². The Morgan fingerprint density at radius 1 is 1.29 bits per heavy atom. The van der Waals surface area contributed by atoms with Gasteiger partial charge in [-0.05, 0) is 37.2 Å². The zero-order chi connectivity index (χ0) is 15.6. The SMILES string of the molecule is COc1ccc(N2N=C(C(C)(C)C)C(CCN)C2=O)cc1. The maximum absolute atomic E-state index is 12.6. The van der Waals surface area contributed by atoms with E-state index in [1.807, 2.05) is 24.3 Å². The Kier molecular flexibility index (Phi) is 4.32. The van der Waals surface area contributed by atoms with Crippen LogP contribution in [0.2, 0.25) is 0 Å². The van der Waals surface area contributed by atoms with E-state index >= 15 is 0 Å². The number of benzene rings is 1. The van der Waals surface area contributed by atoms with Gasteiger partial charge in [-0.25, -0.2) is 5.01 Å². The van der Waals surface area contributed by atoms with Gasteiger partial charge in [-0.3, -0.25) is 4.79 Å². The zero-order valence-electron chi connectivity index (χ0n) is 13.1. The Bertz CT molecular complexity index is 544. The molecule has 1 aliphatic heterocycles. The second-order valence-electron chi connectivity index (χ2n) is 6.21. The van der Waals surface area contributed by atoms with Crippen molar-refractivity contribution < 1.29 is 9.53 Å². The summed E-state index contributed by atoms with van der Waals surface area (Å²) in [6.45, 7) is 6.68. The molecule has 21 heavy (non-hydrogen) atoms. The molecule has 1 heterocycles. The Morgan fingerprint density at radius 2 is 1.90 bits per heavy atom. The van der Waals surface area contributed by atoms with Crippen molar-refractivity contribution in [1.29, 1.82) is 0 Å². The van der Waals surface area contributed by atoms with Crippen LogP contribution in [0.25, 0.3) is 0 Å². The molecule has 5 nitrogen and oxygen atoms in total. The normalized spacial score (nSPS) is 18.9. The third-order valence-electron chi connectivity index (χ3n) is 3.59. The van der Waals surface area contributed by atoms with Crippen LogP contribution in [-0.2, 0) is 4.79 Å². The molecule has 114 valence electrons. The van der Waals surface area contributed by atoms with E-state index < -0.39 is 0 Å². The van der Waals surface area contributed by atoms with Crippen molar-refractivity contribution in [2.75, 3.05) is 18.7 Å². The van der Waals surface area contributed by atoms with Crippen LogP contribution < -0.4 is 15.5 Å². The van der Waals surface area contributed by atoms with Crippen molar-refractivity contribution in [1.82, 2.24) is 0 Å². The highest BCUT2D eigenvalue weighted by Crippen LogP contribution is 2.33. The van der Waals surface area contributed by atoms with Crippen LogP contribution in [0.5, 0.6) is 5.75 Å². The summed E-state index contributed by atoms with van der Waals surface area (Å²) in [5.41, 5.74) is 7.15. The topological polar surface area (TPSA) is 67.9 Å². The standard InChI is InChI=1S/C16H23N3O2/c1-16(2,3)14-13(9-10-17)15(20)19(18-14)11-5-7-12(21-4)8-6-11/h5-8,13H,9-10,17H2,1-4H3. The largest absolute Gasteiger partial charge is 0.497 e. The van der Waals surface area contributed by atoms with Gasteiger partial charge in [0.1, 0.15) is 5.75 Å². The fourth-order valence-corrected chi connectivity index (χ4v) is 2.50. The van der Waals surface area contributed by atoms with Gasteiger partial charge in [0.25, 0.3) is 5.91 Å². The number of nitrogens with zero attached hydrogens (tertiary/aromatic N) is 2. The summed E-state index contributed by atoms with van der Waals surface area (Å²) >= 11 is 0. The first kappa shape index (κ1) is 15.5. The molecule has 0 fully saturated rings. The molecule has 0 saturated carbocycles. The summed E-state index contributed by atoms with van der Waals surface area (Å²) in [7, 11) is 1.61. The summed E-state index contributed by atoms with van der Waals surface area (Å²) in [6.07, 6.45) is 0.627. The molecular weight excluding hydrogens is 266 g/mol. The number of methoxy groups -OCH3 is 1. The van der Waals surface area contributed by atoms with Gasteiger partial charge in [0.15, 0.2) is 0 Å². The van der Waals surface area contributed by atoms with E-state index in [1.165, 1.54) is 5.01 Å². The fourth-order valence-electron chi connectivity index (χ4n) is 2.50. The molecule has 1 unspecified atom stereocenters. The van der Waals surface area contributed by atoms with E-state index in [4.69, 9.17) is 10.5 Å². The first-order valence-electron chi connectivity index (χ1n) is 7.15. The van der Waals surface area contributed by atoms with E-state index in [2.05, 4.69) is 25.9 Å². The molecule has 2 N–H and O–H groups in total. The van der Waals surface area contributed by atoms with E-state index in [0.29, 0.717) is 13.0 Å². The van der Waals surface area contributed by atoms with Crippen LogP contribution >= 0.6 is 0 Å². The Hall–Kier alpha value is -1.88. The third kappa shape index (κ3) is 3.08. The molecule has 1 aliphatic rings. The zero-order valence-corrected chi connectivity index (χ0v) is 13.1. The van der Waals surface area contributed by atoms with E-state index in [1.54, 1.807) is 7.11 Å². The van der Waals surface area contributed by atoms with Gasteiger partial charge in [-0.2, -0.15) is 5.10 Å².